The van der Waals surface area contributed by atoms with Gasteiger partial charge in [0.05, 0.1) is 50.0 Å². The van der Waals surface area contributed by atoms with Crippen LogP contribution in [-0.2, 0) is 29.6 Å². The topological polar surface area (TPSA) is 93.5 Å². The number of anilines is 2. The maximum Gasteiger partial charge on any atom is 0.275 e. The van der Waals surface area contributed by atoms with Crippen molar-refractivity contribution in [2.45, 2.75) is 25.6 Å². The van der Waals surface area contributed by atoms with Crippen molar-refractivity contribution in [2.24, 2.45) is 7.05 Å². The van der Waals surface area contributed by atoms with Crippen LogP contribution < -0.4 is 21.1 Å². The Bertz CT molecular complexity index is 1310. The maximum atomic E-state index is 14.7. The summed E-state index contributed by atoms with van der Waals surface area (Å²) in [6.45, 7) is 3.63. The fourth-order valence-electron chi connectivity index (χ4n) is 4.28. The van der Waals surface area contributed by atoms with Crippen LogP contribution >= 0.6 is 0 Å². The number of morpholine rings is 1. The van der Waals surface area contributed by atoms with E-state index in [2.05, 4.69) is 20.6 Å². The lowest BCUT2D eigenvalue weighted by molar-refractivity contribution is -0.00603. The zero-order chi connectivity index (χ0) is 25.2. The fourth-order valence-corrected chi connectivity index (χ4v) is 4.28. The molecule has 2 fully saturated rings. The summed E-state index contributed by atoms with van der Waals surface area (Å²) in [7, 11) is 1.65. The zero-order valence-electron chi connectivity index (χ0n) is 19.8. The number of aromatic nitrogens is 3. The van der Waals surface area contributed by atoms with Crippen LogP contribution in [0.15, 0.2) is 29.1 Å². The molecule has 0 saturated carbocycles. The second kappa shape index (κ2) is 10.4. The van der Waals surface area contributed by atoms with E-state index in [1.54, 1.807) is 13.1 Å². The molecule has 4 heterocycles. The largest absolute Gasteiger partial charge is 0.378 e. The summed E-state index contributed by atoms with van der Waals surface area (Å²) in [5.41, 5.74) is 0.146. The van der Waals surface area contributed by atoms with E-state index in [1.807, 2.05) is 4.90 Å². The standard InChI is InChI=1S/C24H27F3N6O3/c1-32-23-17(9-18(24(32)34)33-5-7-35-8-6-33)22(30-19(31-23)11-28-15-12-36-13-15)29-10-14-3-2-4-16(20(14)25)21(26)27/h2-4,9,15,21,28H,5-8,10-13H2,1H3,(H,29,30,31). The van der Waals surface area contributed by atoms with Crippen molar-refractivity contribution in [3.05, 3.63) is 57.4 Å². The first kappa shape index (κ1) is 24.5. The highest BCUT2D eigenvalue weighted by Crippen LogP contribution is 2.27. The van der Waals surface area contributed by atoms with Gasteiger partial charge in [-0.2, -0.15) is 0 Å². The summed E-state index contributed by atoms with van der Waals surface area (Å²) >= 11 is 0. The fraction of sp³-hybridized carbons (Fsp3) is 0.458. The molecule has 2 saturated heterocycles. The first-order valence-electron chi connectivity index (χ1n) is 11.8. The molecule has 0 unspecified atom stereocenters. The Labute approximate surface area is 205 Å². The molecular formula is C24H27F3N6O3. The van der Waals surface area contributed by atoms with E-state index in [-0.39, 0.29) is 23.7 Å². The predicted octanol–water partition coefficient (Wildman–Crippen LogP) is 2.34. The summed E-state index contributed by atoms with van der Waals surface area (Å²) in [5.74, 6) is -0.131. The van der Waals surface area contributed by atoms with Crippen LogP contribution in [0.1, 0.15) is 23.4 Å². The van der Waals surface area contributed by atoms with Gasteiger partial charge in [-0.1, -0.05) is 18.2 Å². The number of rotatable bonds is 8. The number of alkyl halides is 2. The molecule has 36 heavy (non-hydrogen) atoms. The predicted molar refractivity (Wildman–Crippen MR) is 128 cm³/mol. The van der Waals surface area contributed by atoms with E-state index in [0.29, 0.717) is 74.4 Å². The molecule has 2 aromatic heterocycles. The highest BCUT2D eigenvalue weighted by atomic mass is 19.3. The van der Waals surface area contributed by atoms with Gasteiger partial charge >= 0.3 is 0 Å². The number of ether oxygens (including phenoxy) is 2. The Morgan fingerprint density at radius 1 is 1.14 bits per heavy atom. The lowest BCUT2D eigenvalue weighted by Crippen LogP contribution is -2.45. The quantitative estimate of drug-likeness (QED) is 0.483. The highest BCUT2D eigenvalue weighted by molar-refractivity contribution is 5.89. The van der Waals surface area contributed by atoms with Crippen molar-refractivity contribution in [3.63, 3.8) is 0 Å². The minimum Gasteiger partial charge on any atom is -0.378 e. The van der Waals surface area contributed by atoms with Crippen LogP contribution in [0.5, 0.6) is 0 Å². The molecule has 2 aliphatic rings. The van der Waals surface area contributed by atoms with Gasteiger partial charge in [-0.15, -0.1) is 0 Å². The van der Waals surface area contributed by atoms with Crippen molar-refractivity contribution in [1.82, 2.24) is 19.9 Å². The molecule has 1 aromatic carbocycles. The number of hydrogen-bond donors (Lipinski definition) is 2. The minimum atomic E-state index is -2.91. The second-order valence-corrected chi connectivity index (χ2v) is 8.81. The third-order valence-electron chi connectivity index (χ3n) is 6.42. The molecule has 0 bridgehead atoms. The van der Waals surface area contributed by atoms with E-state index in [0.717, 1.165) is 6.07 Å². The van der Waals surface area contributed by atoms with Crippen LogP contribution in [0.4, 0.5) is 24.7 Å². The molecule has 5 rings (SSSR count). The van der Waals surface area contributed by atoms with Gasteiger partial charge in [0, 0.05) is 32.2 Å². The van der Waals surface area contributed by atoms with Crippen molar-refractivity contribution in [2.75, 3.05) is 49.7 Å². The monoisotopic (exact) mass is 504 g/mol. The van der Waals surface area contributed by atoms with E-state index < -0.39 is 17.8 Å². The summed E-state index contributed by atoms with van der Waals surface area (Å²) in [6, 6.07) is 5.84. The molecule has 9 nitrogen and oxygen atoms in total. The molecule has 0 atom stereocenters. The average molecular weight is 505 g/mol. The molecule has 12 heteroatoms. The van der Waals surface area contributed by atoms with Crippen LogP contribution in [0.2, 0.25) is 0 Å². The molecule has 0 amide bonds. The normalized spacial score (nSPS) is 16.5. The Morgan fingerprint density at radius 3 is 2.61 bits per heavy atom. The van der Waals surface area contributed by atoms with E-state index in [4.69, 9.17) is 9.47 Å². The Kier molecular flexibility index (Phi) is 7.08. The summed E-state index contributed by atoms with van der Waals surface area (Å²) < 4.78 is 53.1. The van der Waals surface area contributed by atoms with E-state index >= 15 is 0 Å². The van der Waals surface area contributed by atoms with Crippen molar-refractivity contribution < 1.29 is 22.6 Å². The molecule has 0 spiro atoms. The third-order valence-corrected chi connectivity index (χ3v) is 6.42. The number of benzene rings is 1. The Morgan fingerprint density at radius 2 is 1.92 bits per heavy atom. The summed E-state index contributed by atoms with van der Waals surface area (Å²) in [5, 5.41) is 6.96. The smallest absolute Gasteiger partial charge is 0.275 e. The number of nitrogens with zero attached hydrogens (tertiary/aromatic N) is 4. The van der Waals surface area contributed by atoms with Crippen LogP contribution in [0, 0.1) is 5.82 Å². The van der Waals surface area contributed by atoms with Gasteiger partial charge in [-0.05, 0) is 6.07 Å². The van der Waals surface area contributed by atoms with Crippen LogP contribution in [0.3, 0.4) is 0 Å². The SMILES string of the molecule is Cn1c(=O)c(N2CCOCC2)cc2c(NCc3cccc(C(F)F)c3F)nc(CNC3COC3)nc21. The molecule has 2 N–H and O–H groups in total. The number of nitrogens with one attached hydrogen (secondary N) is 2. The molecule has 3 aromatic rings. The van der Waals surface area contributed by atoms with Gasteiger partial charge in [-0.3, -0.25) is 9.36 Å². The first-order chi connectivity index (χ1) is 17.4. The van der Waals surface area contributed by atoms with Gasteiger partial charge in [0.25, 0.3) is 12.0 Å². The van der Waals surface area contributed by atoms with E-state index in [1.165, 1.54) is 16.7 Å². The van der Waals surface area contributed by atoms with Gasteiger partial charge < -0.3 is 25.0 Å². The molecular weight excluding hydrogens is 477 g/mol. The van der Waals surface area contributed by atoms with Gasteiger partial charge in [0.2, 0.25) is 0 Å². The number of aryl methyl sites for hydroxylation is 1. The van der Waals surface area contributed by atoms with E-state index in [9.17, 15) is 18.0 Å². The number of fused-ring (bicyclic) bond motifs is 1. The Balaban J connectivity index is 1.53. The third kappa shape index (κ3) is 4.88. The maximum absolute atomic E-state index is 14.7. The first-order valence-corrected chi connectivity index (χ1v) is 11.8. The molecule has 0 radical (unpaired) electrons. The minimum absolute atomic E-state index is 0.0719. The van der Waals surface area contributed by atoms with Gasteiger partial charge in [0.15, 0.2) is 0 Å². The summed E-state index contributed by atoms with van der Waals surface area (Å²) in [4.78, 5) is 24.4. The van der Waals surface area contributed by atoms with Gasteiger partial charge in [-0.25, -0.2) is 23.1 Å². The summed E-state index contributed by atoms with van der Waals surface area (Å²) in [6.07, 6.45) is -2.91. The van der Waals surface area contributed by atoms with Crippen molar-refractivity contribution >= 4 is 22.5 Å². The Hall–Kier alpha value is -3.22. The second-order valence-electron chi connectivity index (χ2n) is 8.81. The van der Waals surface area contributed by atoms with Crippen molar-refractivity contribution in [1.29, 1.82) is 0 Å². The zero-order valence-corrected chi connectivity index (χ0v) is 19.8. The lowest BCUT2D eigenvalue weighted by atomic mass is 10.1. The molecule has 2 aliphatic heterocycles. The average Bonchev–Trinajstić information content (AvgIpc) is 2.85. The lowest BCUT2D eigenvalue weighted by Gasteiger charge is -2.29. The van der Waals surface area contributed by atoms with Crippen molar-refractivity contribution in [3.8, 4) is 0 Å². The van der Waals surface area contributed by atoms with Crippen LogP contribution in [0.25, 0.3) is 11.0 Å². The van der Waals surface area contributed by atoms with Gasteiger partial charge in [0.1, 0.15) is 28.8 Å². The molecule has 192 valence electrons. The highest BCUT2D eigenvalue weighted by Gasteiger charge is 2.22. The molecule has 0 aliphatic carbocycles. The number of pyridine rings is 1. The number of halogens is 3. The number of hydrogen-bond acceptors (Lipinski definition) is 8. The van der Waals surface area contributed by atoms with Crippen LogP contribution in [-0.4, -0.2) is 60.1 Å².